The van der Waals surface area contributed by atoms with Crippen molar-refractivity contribution < 1.29 is 44.1 Å². The summed E-state index contributed by atoms with van der Waals surface area (Å²) in [5.74, 6) is -7.47. The van der Waals surface area contributed by atoms with E-state index >= 15 is 0 Å². The van der Waals surface area contributed by atoms with Crippen molar-refractivity contribution in [1.82, 2.24) is 16.0 Å². The standard InChI is InChI=1S/C17H28N4O9S/c1-7(2)3-9(15(27)21-11(17(29)30)5-13(24)25)20-16(28)10(4-12(22)23)19-14(26)8(18)6-31/h7-11,31H,3-6,18H2,1-2H3,(H,19,26)(H,20,28)(H,21,27)(H,22,23)(H,24,25)(H,29,30). The van der Waals surface area contributed by atoms with Crippen molar-refractivity contribution in [2.24, 2.45) is 11.7 Å². The number of aliphatic carboxylic acids is 3. The van der Waals surface area contributed by atoms with E-state index in [-0.39, 0.29) is 18.1 Å². The molecule has 0 saturated heterocycles. The summed E-state index contributed by atoms with van der Waals surface area (Å²) in [6, 6.07) is -5.71. The average molecular weight is 464 g/mol. The van der Waals surface area contributed by atoms with Crippen molar-refractivity contribution in [3.8, 4) is 0 Å². The lowest BCUT2D eigenvalue weighted by molar-refractivity contribution is -0.147. The number of carbonyl (C=O) groups is 6. The molecular formula is C17H28N4O9S. The molecule has 0 fully saturated rings. The number of carbonyl (C=O) groups excluding carboxylic acids is 3. The van der Waals surface area contributed by atoms with Gasteiger partial charge in [0.15, 0.2) is 0 Å². The monoisotopic (exact) mass is 464 g/mol. The van der Waals surface area contributed by atoms with Crippen LogP contribution in [0.1, 0.15) is 33.1 Å². The maximum atomic E-state index is 12.6. The Kier molecular flexibility index (Phi) is 12.2. The summed E-state index contributed by atoms with van der Waals surface area (Å²) >= 11 is 3.85. The van der Waals surface area contributed by atoms with Crippen LogP contribution in [0.3, 0.4) is 0 Å². The van der Waals surface area contributed by atoms with E-state index in [2.05, 4.69) is 23.3 Å². The Morgan fingerprint density at radius 1 is 0.774 bits per heavy atom. The second-order valence-corrected chi connectivity index (χ2v) is 7.50. The third-order valence-electron chi connectivity index (χ3n) is 3.88. The number of hydrogen-bond acceptors (Lipinski definition) is 8. The molecule has 0 aliphatic heterocycles. The first-order valence-electron chi connectivity index (χ1n) is 9.22. The molecule has 0 spiro atoms. The fraction of sp³-hybridized carbons (Fsp3) is 0.647. The minimum atomic E-state index is -1.74. The van der Waals surface area contributed by atoms with Gasteiger partial charge in [-0.05, 0) is 12.3 Å². The van der Waals surface area contributed by atoms with E-state index in [1.54, 1.807) is 13.8 Å². The van der Waals surface area contributed by atoms with Gasteiger partial charge in [-0.1, -0.05) is 13.8 Å². The highest BCUT2D eigenvalue weighted by atomic mass is 32.1. The van der Waals surface area contributed by atoms with Crippen LogP contribution in [-0.2, 0) is 28.8 Å². The van der Waals surface area contributed by atoms with E-state index in [1.165, 1.54) is 0 Å². The minimum absolute atomic E-state index is 0.0286. The summed E-state index contributed by atoms with van der Waals surface area (Å²) in [5, 5.41) is 33.4. The summed E-state index contributed by atoms with van der Waals surface area (Å²) in [7, 11) is 0. The number of rotatable bonds is 14. The number of thiol groups is 1. The van der Waals surface area contributed by atoms with Gasteiger partial charge in [0.1, 0.15) is 18.1 Å². The second kappa shape index (κ2) is 13.4. The first-order valence-corrected chi connectivity index (χ1v) is 9.85. The lowest BCUT2D eigenvalue weighted by Gasteiger charge is -2.25. The van der Waals surface area contributed by atoms with Crippen LogP contribution in [0, 0.1) is 5.92 Å². The van der Waals surface area contributed by atoms with Crippen molar-refractivity contribution in [2.45, 2.75) is 57.3 Å². The molecule has 0 aromatic carbocycles. The summed E-state index contributed by atoms with van der Waals surface area (Å²) in [5.41, 5.74) is 5.50. The van der Waals surface area contributed by atoms with E-state index in [1.807, 2.05) is 5.32 Å². The van der Waals surface area contributed by atoms with Gasteiger partial charge in [-0.2, -0.15) is 12.6 Å². The molecule has 4 atom stereocenters. The average Bonchev–Trinajstić information content (AvgIpc) is 2.64. The van der Waals surface area contributed by atoms with Crippen molar-refractivity contribution in [3.63, 3.8) is 0 Å². The molecule has 0 bridgehead atoms. The number of carboxylic acid groups (broad SMARTS) is 3. The summed E-state index contributed by atoms with van der Waals surface area (Å²) in [6.45, 7) is 3.42. The molecule has 0 aliphatic carbocycles. The van der Waals surface area contributed by atoms with Crippen LogP contribution in [0.25, 0.3) is 0 Å². The van der Waals surface area contributed by atoms with E-state index in [9.17, 15) is 28.8 Å². The predicted molar refractivity (Wildman–Crippen MR) is 109 cm³/mol. The zero-order chi connectivity index (χ0) is 24.3. The number of amides is 3. The van der Waals surface area contributed by atoms with E-state index < -0.39 is 72.6 Å². The number of nitrogens with one attached hydrogen (secondary N) is 3. The molecule has 0 aliphatic rings. The molecule has 4 unspecified atom stereocenters. The highest BCUT2D eigenvalue weighted by molar-refractivity contribution is 7.80. The van der Waals surface area contributed by atoms with Gasteiger partial charge in [-0.25, -0.2) is 4.79 Å². The van der Waals surface area contributed by atoms with Gasteiger partial charge in [0, 0.05) is 5.75 Å². The molecule has 31 heavy (non-hydrogen) atoms. The predicted octanol–water partition coefficient (Wildman–Crippen LogP) is -2.22. The van der Waals surface area contributed by atoms with Crippen LogP contribution in [0.5, 0.6) is 0 Å². The normalized spacial score (nSPS) is 14.6. The molecule has 0 heterocycles. The molecule has 0 rings (SSSR count). The summed E-state index contributed by atoms with van der Waals surface area (Å²) in [6.07, 6.45) is -1.66. The van der Waals surface area contributed by atoms with E-state index in [4.69, 9.17) is 21.1 Å². The first-order chi connectivity index (χ1) is 14.3. The minimum Gasteiger partial charge on any atom is -0.481 e. The maximum Gasteiger partial charge on any atom is 0.326 e. The zero-order valence-corrected chi connectivity index (χ0v) is 17.9. The maximum absolute atomic E-state index is 12.6. The van der Waals surface area contributed by atoms with Crippen LogP contribution in [0.4, 0.5) is 0 Å². The molecule has 176 valence electrons. The van der Waals surface area contributed by atoms with Crippen LogP contribution in [0.2, 0.25) is 0 Å². The highest BCUT2D eigenvalue weighted by Gasteiger charge is 2.32. The fourth-order valence-corrected chi connectivity index (χ4v) is 2.53. The van der Waals surface area contributed by atoms with Crippen LogP contribution in [0.15, 0.2) is 0 Å². The summed E-state index contributed by atoms with van der Waals surface area (Å²) < 4.78 is 0. The van der Waals surface area contributed by atoms with Gasteiger partial charge >= 0.3 is 17.9 Å². The molecular weight excluding hydrogens is 436 g/mol. The molecule has 3 amide bonds. The second-order valence-electron chi connectivity index (χ2n) is 7.14. The van der Waals surface area contributed by atoms with E-state index in [0.29, 0.717) is 0 Å². The molecule has 0 saturated carbocycles. The zero-order valence-electron chi connectivity index (χ0n) is 17.0. The van der Waals surface area contributed by atoms with Crippen LogP contribution in [-0.4, -0.2) is 80.9 Å². The highest BCUT2D eigenvalue weighted by Crippen LogP contribution is 2.07. The lowest BCUT2D eigenvalue weighted by Crippen LogP contribution is -2.58. The number of hydrogen-bond donors (Lipinski definition) is 8. The summed E-state index contributed by atoms with van der Waals surface area (Å²) in [4.78, 5) is 70.1. The number of carboxylic acids is 3. The Balaban J connectivity index is 5.51. The van der Waals surface area contributed by atoms with Crippen LogP contribution < -0.4 is 21.7 Å². The Hall–Kier alpha value is -2.87. The third kappa shape index (κ3) is 11.2. The molecule has 8 N–H and O–H groups in total. The largest absolute Gasteiger partial charge is 0.481 e. The van der Waals surface area contributed by atoms with Gasteiger partial charge in [0.2, 0.25) is 17.7 Å². The van der Waals surface area contributed by atoms with Crippen molar-refractivity contribution >= 4 is 48.3 Å². The quantitative estimate of drug-likeness (QED) is 0.129. The Bertz CT molecular complexity index is 701. The van der Waals surface area contributed by atoms with Crippen molar-refractivity contribution in [1.29, 1.82) is 0 Å². The SMILES string of the molecule is CC(C)CC(NC(=O)C(CC(=O)O)NC(=O)C(N)CS)C(=O)NC(CC(=O)O)C(=O)O. The van der Waals surface area contributed by atoms with Gasteiger partial charge in [0.05, 0.1) is 18.9 Å². The third-order valence-corrected chi connectivity index (χ3v) is 4.27. The van der Waals surface area contributed by atoms with Crippen molar-refractivity contribution in [2.75, 3.05) is 5.75 Å². The molecule has 0 aromatic heterocycles. The first kappa shape index (κ1) is 28.1. The molecule has 13 nitrogen and oxygen atoms in total. The van der Waals surface area contributed by atoms with Gasteiger partial charge in [0.25, 0.3) is 0 Å². The molecule has 14 heteroatoms. The molecule has 0 aromatic rings. The van der Waals surface area contributed by atoms with Gasteiger partial charge in [-0.3, -0.25) is 24.0 Å². The Morgan fingerprint density at radius 3 is 1.61 bits per heavy atom. The van der Waals surface area contributed by atoms with Crippen molar-refractivity contribution in [3.05, 3.63) is 0 Å². The van der Waals surface area contributed by atoms with Gasteiger partial charge < -0.3 is 37.0 Å². The topological polar surface area (TPSA) is 225 Å². The van der Waals surface area contributed by atoms with Crippen LogP contribution >= 0.6 is 12.6 Å². The Labute approximate surface area is 183 Å². The smallest absolute Gasteiger partial charge is 0.326 e. The van der Waals surface area contributed by atoms with E-state index in [0.717, 1.165) is 0 Å². The Morgan fingerprint density at radius 2 is 1.19 bits per heavy atom. The lowest BCUT2D eigenvalue weighted by atomic mass is 10.0. The fourth-order valence-electron chi connectivity index (χ4n) is 2.37. The van der Waals surface area contributed by atoms with Gasteiger partial charge in [-0.15, -0.1) is 0 Å². The number of nitrogens with two attached hydrogens (primary N) is 1. The molecule has 0 radical (unpaired) electrons.